The molecule has 7 heteroatoms. The zero-order valence-corrected chi connectivity index (χ0v) is 13.0. The van der Waals surface area contributed by atoms with Gasteiger partial charge >= 0.3 is 6.18 Å². The Morgan fingerprint density at radius 3 is 2.50 bits per heavy atom. The van der Waals surface area contributed by atoms with E-state index in [2.05, 4.69) is 10.3 Å². The molecule has 0 radical (unpaired) electrons. The van der Waals surface area contributed by atoms with Gasteiger partial charge in [0.25, 0.3) is 5.91 Å². The van der Waals surface area contributed by atoms with Crippen molar-refractivity contribution in [3.63, 3.8) is 0 Å². The lowest BCUT2D eigenvalue weighted by atomic mass is 10.1. The van der Waals surface area contributed by atoms with Crippen molar-refractivity contribution < 1.29 is 18.0 Å². The highest BCUT2D eigenvalue weighted by atomic mass is 32.2. The lowest BCUT2D eigenvalue weighted by Gasteiger charge is -2.06. The van der Waals surface area contributed by atoms with E-state index in [9.17, 15) is 18.0 Å². The normalized spacial score (nSPS) is 18.2. The average molecular weight is 348 g/mol. The molecule has 1 amide bonds. The van der Waals surface area contributed by atoms with E-state index in [-0.39, 0.29) is 5.91 Å². The van der Waals surface area contributed by atoms with E-state index >= 15 is 0 Å². The number of nitrogens with zero attached hydrogens (tertiary/aromatic N) is 1. The molecular formula is C17H11F3N2OS. The Morgan fingerprint density at radius 2 is 1.79 bits per heavy atom. The molecule has 1 aliphatic rings. The number of aliphatic imine (C=N–C) groups is 1. The van der Waals surface area contributed by atoms with Crippen molar-refractivity contribution in [3.05, 3.63) is 70.6 Å². The molecule has 0 spiro atoms. The second-order valence-electron chi connectivity index (χ2n) is 4.94. The molecule has 24 heavy (non-hydrogen) atoms. The largest absolute Gasteiger partial charge is 0.416 e. The van der Waals surface area contributed by atoms with Gasteiger partial charge in [0.1, 0.15) is 0 Å². The van der Waals surface area contributed by atoms with Crippen LogP contribution in [-0.2, 0) is 11.0 Å². The number of amidine groups is 1. The molecule has 1 heterocycles. The lowest BCUT2D eigenvalue weighted by molar-refractivity contribution is -0.137. The quantitative estimate of drug-likeness (QED) is 0.806. The molecule has 0 saturated carbocycles. The van der Waals surface area contributed by atoms with Crippen molar-refractivity contribution >= 4 is 34.6 Å². The van der Waals surface area contributed by atoms with Gasteiger partial charge < -0.3 is 5.32 Å². The van der Waals surface area contributed by atoms with Crippen LogP contribution in [-0.4, -0.2) is 11.1 Å². The van der Waals surface area contributed by atoms with Gasteiger partial charge in [0.2, 0.25) is 0 Å². The number of hydrogen-bond acceptors (Lipinski definition) is 3. The molecule has 0 atom stereocenters. The van der Waals surface area contributed by atoms with Gasteiger partial charge in [-0.15, -0.1) is 0 Å². The summed E-state index contributed by atoms with van der Waals surface area (Å²) in [7, 11) is 0. The summed E-state index contributed by atoms with van der Waals surface area (Å²) in [5.74, 6) is -0.382. The van der Waals surface area contributed by atoms with Gasteiger partial charge in [-0.1, -0.05) is 30.3 Å². The minimum atomic E-state index is -4.42. The first-order valence-electron chi connectivity index (χ1n) is 6.94. The van der Waals surface area contributed by atoms with E-state index in [1.165, 1.54) is 18.2 Å². The molecule has 2 aromatic rings. The van der Waals surface area contributed by atoms with Crippen LogP contribution in [0.1, 0.15) is 11.1 Å². The summed E-state index contributed by atoms with van der Waals surface area (Å²) in [4.78, 5) is 16.5. The number of rotatable bonds is 2. The zero-order valence-electron chi connectivity index (χ0n) is 12.2. The number of nitrogens with one attached hydrogen (secondary N) is 1. The van der Waals surface area contributed by atoms with Gasteiger partial charge in [0, 0.05) is 0 Å². The van der Waals surface area contributed by atoms with Crippen LogP contribution in [0.3, 0.4) is 0 Å². The highest BCUT2D eigenvalue weighted by Crippen LogP contribution is 2.32. The predicted octanol–water partition coefficient (Wildman–Crippen LogP) is 4.60. The summed E-state index contributed by atoms with van der Waals surface area (Å²) in [6, 6.07) is 13.9. The minimum absolute atomic E-state index is 0.295. The summed E-state index contributed by atoms with van der Waals surface area (Å²) in [5.41, 5.74) is 0.238. The van der Waals surface area contributed by atoms with Crippen molar-refractivity contribution in [1.29, 1.82) is 0 Å². The molecule has 1 aliphatic heterocycles. The van der Waals surface area contributed by atoms with Crippen molar-refractivity contribution in [2.75, 3.05) is 0 Å². The number of para-hydroxylation sites is 1. The van der Waals surface area contributed by atoms with Crippen LogP contribution in [0.2, 0.25) is 0 Å². The summed E-state index contributed by atoms with van der Waals surface area (Å²) in [5, 5.41) is 2.99. The fourth-order valence-electron chi connectivity index (χ4n) is 2.06. The topological polar surface area (TPSA) is 41.5 Å². The van der Waals surface area contributed by atoms with Gasteiger partial charge in [-0.25, -0.2) is 4.99 Å². The van der Waals surface area contributed by atoms with Crippen LogP contribution in [0.25, 0.3) is 6.08 Å². The first kappa shape index (κ1) is 16.3. The van der Waals surface area contributed by atoms with E-state index in [0.29, 0.717) is 21.3 Å². The molecular weight excluding hydrogens is 337 g/mol. The second-order valence-corrected chi connectivity index (χ2v) is 5.97. The molecule has 3 rings (SSSR count). The predicted molar refractivity (Wildman–Crippen MR) is 88.7 cm³/mol. The van der Waals surface area contributed by atoms with Gasteiger partial charge in [0.15, 0.2) is 5.17 Å². The molecule has 0 aromatic heterocycles. The van der Waals surface area contributed by atoms with Crippen LogP contribution in [0, 0.1) is 0 Å². The standard InChI is InChI=1S/C17H11F3N2OS/c18-17(19,20)12-6-4-5-11(9-12)10-14-15(23)22-16(24-14)21-13-7-2-1-3-8-13/h1-10H,(H,21,22,23)/b14-10+. The Balaban J connectivity index is 1.84. The molecule has 122 valence electrons. The van der Waals surface area contributed by atoms with Gasteiger partial charge in [-0.3, -0.25) is 4.79 Å². The molecule has 0 unspecified atom stereocenters. The lowest BCUT2D eigenvalue weighted by Crippen LogP contribution is -2.19. The third-order valence-corrected chi connectivity index (χ3v) is 4.06. The Bertz CT molecular complexity index is 829. The number of hydrogen-bond donors (Lipinski definition) is 1. The summed E-state index contributed by atoms with van der Waals surface area (Å²) < 4.78 is 38.2. The van der Waals surface area contributed by atoms with Crippen molar-refractivity contribution in [1.82, 2.24) is 5.32 Å². The number of carbonyl (C=O) groups is 1. The summed E-state index contributed by atoms with van der Waals surface area (Å²) in [6.07, 6.45) is -3.00. The maximum Gasteiger partial charge on any atom is 0.416 e. The Kier molecular flexibility index (Phi) is 4.44. The van der Waals surface area contributed by atoms with Crippen LogP contribution in [0.5, 0.6) is 0 Å². The number of alkyl halides is 3. The van der Waals surface area contributed by atoms with E-state index < -0.39 is 11.7 Å². The molecule has 3 nitrogen and oxygen atoms in total. The highest BCUT2D eigenvalue weighted by Gasteiger charge is 2.30. The fraction of sp³-hybridized carbons (Fsp3) is 0.0588. The number of halogens is 3. The fourth-order valence-corrected chi connectivity index (χ4v) is 2.90. The molecule has 1 N–H and O–H groups in total. The van der Waals surface area contributed by atoms with E-state index in [1.54, 1.807) is 12.1 Å². The van der Waals surface area contributed by atoms with Crippen LogP contribution in [0.4, 0.5) is 18.9 Å². The SMILES string of the molecule is O=C1N/C(=N\c2ccccc2)S/C1=C/c1cccc(C(F)(F)F)c1. The molecule has 2 aromatic carbocycles. The Morgan fingerprint density at radius 1 is 1.04 bits per heavy atom. The van der Waals surface area contributed by atoms with Crippen molar-refractivity contribution in [3.8, 4) is 0 Å². The second kappa shape index (κ2) is 6.52. The van der Waals surface area contributed by atoms with Crippen LogP contribution < -0.4 is 5.32 Å². The third kappa shape index (κ3) is 3.86. The Hall–Kier alpha value is -2.54. The molecule has 0 aliphatic carbocycles. The van der Waals surface area contributed by atoms with E-state index in [1.807, 2.05) is 18.2 Å². The van der Waals surface area contributed by atoms with Crippen molar-refractivity contribution in [2.24, 2.45) is 4.99 Å². The van der Waals surface area contributed by atoms with Gasteiger partial charge in [0.05, 0.1) is 16.2 Å². The van der Waals surface area contributed by atoms with E-state index in [0.717, 1.165) is 23.9 Å². The first-order chi connectivity index (χ1) is 11.4. The molecule has 1 fully saturated rings. The number of amides is 1. The third-order valence-electron chi connectivity index (χ3n) is 3.15. The maximum absolute atomic E-state index is 12.7. The van der Waals surface area contributed by atoms with Gasteiger partial charge in [-0.2, -0.15) is 13.2 Å². The number of thioether (sulfide) groups is 1. The zero-order chi connectivity index (χ0) is 17.2. The number of benzene rings is 2. The Labute approximate surface area is 140 Å². The van der Waals surface area contributed by atoms with E-state index in [4.69, 9.17) is 0 Å². The summed E-state index contributed by atoms with van der Waals surface area (Å²) >= 11 is 1.09. The molecule has 1 saturated heterocycles. The highest BCUT2D eigenvalue weighted by molar-refractivity contribution is 8.18. The minimum Gasteiger partial charge on any atom is -0.300 e. The maximum atomic E-state index is 12.7. The molecule has 0 bridgehead atoms. The number of carbonyl (C=O) groups excluding carboxylic acids is 1. The van der Waals surface area contributed by atoms with Crippen molar-refractivity contribution in [2.45, 2.75) is 6.18 Å². The van der Waals surface area contributed by atoms with Crippen LogP contribution >= 0.6 is 11.8 Å². The average Bonchev–Trinajstić information content (AvgIpc) is 2.87. The van der Waals surface area contributed by atoms with Crippen LogP contribution in [0.15, 0.2) is 64.5 Å². The summed E-state index contributed by atoms with van der Waals surface area (Å²) in [6.45, 7) is 0. The smallest absolute Gasteiger partial charge is 0.300 e. The first-order valence-corrected chi connectivity index (χ1v) is 7.75. The monoisotopic (exact) mass is 348 g/mol. The van der Waals surface area contributed by atoms with Gasteiger partial charge in [-0.05, 0) is 47.7 Å².